The Kier molecular flexibility index (Phi) is 4.68. The molecule has 0 unspecified atom stereocenters. The number of ether oxygens (including phenoxy) is 1. The van der Waals surface area contributed by atoms with Gasteiger partial charge in [-0.25, -0.2) is 4.79 Å². The lowest BCUT2D eigenvalue weighted by Gasteiger charge is -2.40. The summed E-state index contributed by atoms with van der Waals surface area (Å²) >= 11 is 0. The molecule has 1 atom stereocenters. The number of hydrogen-bond acceptors (Lipinski definition) is 4. The molecule has 2 heterocycles. The van der Waals surface area contributed by atoms with Crippen molar-refractivity contribution < 1.29 is 14.3 Å². The van der Waals surface area contributed by atoms with E-state index in [0.29, 0.717) is 25.2 Å². The van der Waals surface area contributed by atoms with E-state index in [1.54, 1.807) is 20.7 Å². The summed E-state index contributed by atoms with van der Waals surface area (Å²) in [5, 5.41) is 4.13. The van der Waals surface area contributed by atoms with Crippen LogP contribution in [-0.4, -0.2) is 62.9 Å². The van der Waals surface area contributed by atoms with Crippen LogP contribution < -0.4 is 0 Å². The smallest absolute Gasteiger partial charge is 0.410 e. The van der Waals surface area contributed by atoms with Crippen molar-refractivity contribution in [2.75, 3.05) is 19.6 Å². The van der Waals surface area contributed by atoms with Crippen LogP contribution in [0.5, 0.6) is 0 Å². The molecule has 128 valence electrons. The summed E-state index contributed by atoms with van der Waals surface area (Å²) in [6.45, 7) is 10.8. The molecule has 2 amide bonds. The molecule has 2 rings (SSSR count). The van der Waals surface area contributed by atoms with Gasteiger partial charge in [-0.2, -0.15) is 5.10 Å². The third-order valence-electron chi connectivity index (χ3n) is 4.01. The highest BCUT2D eigenvalue weighted by molar-refractivity contribution is 5.95. The Labute approximate surface area is 137 Å². The molecule has 1 aliphatic rings. The normalized spacial score (nSPS) is 19.0. The van der Waals surface area contributed by atoms with Crippen LogP contribution in [-0.2, 0) is 11.8 Å². The number of hydrogen-bond donors (Lipinski definition) is 0. The molecular formula is C16H26N4O3. The molecule has 1 saturated heterocycles. The zero-order valence-electron chi connectivity index (χ0n) is 14.8. The second-order valence-electron chi connectivity index (χ2n) is 7.04. The van der Waals surface area contributed by atoms with E-state index in [2.05, 4.69) is 5.10 Å². The number of amides is 2. The maximum atomic E-state index is 12.7. The lowest BCUT2D eigenvalue weighted by molar-refractivity contribution is 0.00615. The maximum absolute atomic E-state index is 12.7. The summed E-state index contributed by atoms with van der Waals surface area (Å²) in [6, 6.07) is -0.0663. The molecule has 0 bridgehead atoms. The van der Waals surface area contributed by atoms with Gasteiger partial charge < -0.3 is 14.5 Å². The van der Waals surface area contributed by atoms with Crippen LogP contribution in [0.25, 0.3) is 0 Å². The highest BCUT2D eigenvalue weighted by atomic mass is 16.6. The quantitative estimate of drug-likeness (QED) is 0.791. The average Bonchev–Trinajstić information content (AvgIpc) is 2.76. The van der Waals surface area contributed by atoms with E-state index in [4.69, 9.17) is 4.74 Å². The Bertz CT molecular complexity index is 603. The molecule has 0 aliphatic carbocycles. The molecule has 0 aromatic carbocycles. The first kappa shape index (κ1) is 17.3. The zero-order chi connectivity index (χ0) is 17.4. The second kappa shape index (κ2) is 6.22. The minimum absolute atomic E-state index is 0.0352. The monoisotopic (exact) mass is 322 g/mol. The van der Waals surface area contributed by atoms with Crippen molar-refractivity contribution in [1.29, 1.82) is 0 Å². The Balaban J connectivity index is 2.03. The molecule has 23 heavy (non-hydrogen) atoms. The lowest BCUT2D eigenvalue weighted by Crippen LogP contribution is -2.56. The van der Waals surface area contributed by atoms with Crippen LogP contribution in [0.3, 0.4) is 0 Å². The van der Waals surface area contributed by atoms with Gasteiger partial charge >= 0.3 is 6.09 Å². The fraction of sp³-hybridized carbons (Fsp3) is 0.688. The fourth-order valence-corrected chi connectivity index (χ4v) is 2.62. The molecule has 1 aromatic rings. The van der Waals surface area contributed by atoms with Gasteiger partial charge in [-0.1, -0.05) is 0 Å². The molecule has 0 N–H and O–H groups in total. The number of carbonyl (C=O) groups excluding carboxylic acids is 2. The predicted molar refractivity (Wildman–Crippen MR) is 86.3 cm³/mol. The zero-order valence-corrected chi connectivity index (χ0v) is 14.8. The van der Waals surface area contributed by atoms with Crippen LogP contribution in [0.2, 0.25) is 0 Å². The van der Waals surface area contributed by atoms with Crippen molar-refractivity contribution >= 4 is 12.0 Å². The van der Waals surface area contributed by atoms with Crippen molar-refractivity contribution in [3.63, 3.8) is 0 Å². The van der Waals surface area contributed by atoms with Gasteiger partial charge in [-0.3, -0.25) is 9.48 Å². The molecule has 7 nitrogen and oxygen atoms in total. The van der Waals surface area contributed by atoms with Gasteiger partial charge in [-0.15, -0.1) is 0 Å². The van der Waals surface area contributed by atoms with Crippen LogP contribution >= 0.6 is 0 Å². The molecule has 1 aliphatic heterocycles. The topological polar surface area (TPSA) is 67.7 Å². The number of carbonyl (C=O) groups is 2. The summed E-state index contributed by atoms with van der Waals surface area (Å²) in [4.78, 5) is 28.3. The Morgan fingerprint density at radius 3 is 2.43 bits per heavy atom. The summed E-state index contributed by atoms with van der Waals surface area (Å²) < 4.78 is 7.09. The fourth-order valence-electron chi connectivity index (χ4n) is 2.62. The molecule has 0 saturated carbocycles. The van der Waals surface area contributed by atoms with Crippen LogP contribution in [0, 0.1) is 6.92 Å². The predicted octanol–water partition coefficient (Wildman–Crippen LogP) is 1.81. The summed E-state index contributed by atoms with van der Waals surface area (Å²) in [6.07, 6.45) is 1.28. The third kappa shape index (κ3) is 3.83. The van der Waals surface area contributed by atoms with E-state index in [0.717, 1.165) is 5.69 Å². The van der Waals surface area contributed by atoms with Crippen LogP contribution in [0.4, 0.5) is 4.79 Å². The SMILES string of the molecule is Cc1c(C(=O)N2CCN(C(=O)OC(C)(C)C)C[C@H]2C)cnn1C. The van der Waals surface area contributed by atoms with E-state index in [1.165, 1.54) is 0 Å². The van der Waals surface area contributed by atoms with Gasteiger partial charge in [0, 0.05) is 38.4 Å². The van der Waals surface area contributed by atoms with Crippen molar-refractivity contribution in [3.8, 4) is 0 Å². The number of nitrogens with zero attached hydrogens (tertiary/aromatic N) is 4. The van der Waals surface area contributed by atoms with Crippen molar-refractivity contribution in [2.45, 2.75) is 46.3 Å². The van der Waals surface area contributed by atoms with E-state index < -0.39 is 5.60 Å². The molecule has 0 spiro atoms. The second-order valence-corrected chi connectivity index (χ2v) is 7.04. The largest absolute Gasteiger partial charge is 0.444 e. The lowest BCUT2D eigenvalue weighted by atomic mass is 10.1. The first-order valence-corrected chi connectivity index (χ1v) is 7.87. The number of rotatable bonds is 1. The average molecular weight is 322 g/mol. The number of aryl methyl sites for hydroxylation is 1. The standard InChI is InChI=1S/C16H26N4O3/c1-11-10-19(15(22)23-16(3,4)5)7-8-20(11)14(21)13-9-17-18(6)12(13)2/h9,11H,7-8,10H2,1-6H3/t11-/m1/s1. The Hall–Kier alpha value is -2.05. The van der Waals surface area contributed by atoms with Gasteiger partial charge in [0.1, 0.15) is 5.60 Å². The molecule has 0 radical (unpaired) electrons. The Morgan fingerprint density at radius 2 is 1.96 bits per heavy atom. The summed E-state index contributed by atoms with van der Waals surface area (Å²) in [5.41, 5.74) is 0.946. The van der Waals surface area contributed by atoms with E-state index >= 15 is 0 Å². The minimum atomic E-state index is -0.514. The minimum Gasteiger partial charge on any atom is -0.444 e. The van der Waals surface area contributed by atoms with Crippen molar-refractivity contribution in [2.24, 2.45) is 7.05 Å². The highest BCUT2D eigenvalue weighted by Crippen LogP contribution is 2.18. The van der Waals surface area contributed by atoms with E-state index in [1.807, 2.05) is 41.7 Å². The van der Waals surface area contributed by atoms with Gasteiger partial charge in [-0.05, 0) is 34.6 Å². The van der Waals surface area contributed by atoms with Crippen molar-refractivity contribution in [3.05, 3.63) is 17.5 Å². The first-order chi connectivity index (χ1) is 10.6. The Morgan fingerprint density at radius 1 is 1.30 bits per heavy atom. The van der Waals surface area contributed by atoms with Gasteiger partial charge in [0.2, 0.25) is 0 Å². The van der Waals surface area contributed by atoms with E-state index in [-0.39, 0.29) is 18.0 Å². The summed E-state index contributed by atoms with van der Waals surface area (Å²) in [7, 11) is 1.82. The molecule has 1 fully saturated rings. The molecule has 7 heteroatoms. The van der Waals surface area contributed by atoms with Gasteiger partial charge in [0.25, 0.3) is 5.91 Å². The first-order valence-electron chi connectivity index (χ1n) is 7.87. The van der Waals surface area contributed by atoms with Gasteiger partial charge in [0.15, 0.2) is 0 Å². The highest BCUT2D eigenvalue weighted by Gasteiger charge is 2.33. The summed E-state index contributed by atoms with van der Waals surface area (Å²) in [5.74, 6) is -0.0352. The number of aromatic nitrogens is 2. The maximum Gasteiger partial charge on any atom is 0.410 e. The van der Waals surface area contributed by atoms with Crippen LogP contribution in [0.15, 0.2) is 6.20 Å². The van der Waals surface area contributed by atoms with E-state index in [9.17, 15) is 9.59 Å². The third-order valence-corrected chi connectivity index (χ3v) is 4.01. The molecular weight excluding hydrogens is 296 g/mol. The van der Waals surface area contributed by atoms with Crippen molar-refractivity contribution in [1.82, 2.24) is 19.6 Å². The molecule has 1 aromatic heterocycles. The van der Waals surface area contributed by atoms with Gasteiger partial charge in [0.05, 0.1) is 11.8 Å². The number of piperazine rings is 1. The van der Waals surface area contributed by atoms with Crippen LogP contribution in [0.1, 0.15) is 43.7 Å².